The second-order valence-electron chi connectivity index (χ2n) is 15.7. The summed E-state index contributed by atoms with van der Waals surface area (Å²) in [6.45, 7) is 4.57. The zero-order valence-electron chi connectivity index (χ0n) is 33.2. The van der Waals surface area contributed by atoms with E-state index in [2.05, 4.69) is 72.6 Å². The van der Waals surface area contributed by atoms with Crippen LogP contribution in [0.1, 0.15) is 25.1 Å². The summed E-state index contributed by atoms with van der Waals surface area (Å²) in [5, 5.41) is 1.14. The number of hydrogen-bond acceptors (Lipinski definition) is 4. The number of pyridine rings is 2. The van der Waals surface area contributed by atoms with Gasteiger partial charge in [-0.3, -0.25) is 4.98 Å². The molecule has 0 atom stereocenters. The van der Waals surface area contributed by atoms with Crippen molar-refractivity contribution >= 4 is 50.8 Å². The molecule has 0 aliphatic carbocycles. The molecule has 0 fully saturated rings. The number of rotatable bonds is 7. The van der Waals surface area contributed by atoms with E-state index in [-0.39, 0.29) is 25.8 Å². The SMILES string of the molecule is CC(C)Cc1cc(-c2[c-]cccc2)nc[c]1[Ge]([CH3])([CH3])[CH3].FC(F)(F)c1ccc2c(n1)oc1c(-c3nc4ccccc4n3-c3ccccc3-c3ccccc3)[c-]ccc12.[Ir]. The molecule has 0 N–H and O–H groups in total. The first-order valence-electron chi connectivity index (χ1n) is 19.3. The van der Waals surface area contributed by atoms with E-state index in [9.17, 15) is 13.2 Å². The van der Waals surface area contributed by atoms with Crippen LogP contribution in [0.25, 0.3) is 72.6 Å². The van der Waals surface area contributed by atoms with Gasteiger partial charge in [0.25, 0.3) is 0 Å². The Bertz CT molecular complexity index is 2880. The van der Waals surface area contributed by atoms with Gasteiger partial charge in [0.1, 0.15) is 5.69 Å². The molecule has 0 amide bonds. The number of nitrogens with zero attached hydrogens (tertiary/aromatic N) is 4. The quantitative estimate of drug-likeness (QED) is 0.118. The van der Waals surface area contributed by atoms with E-state index in [0.717, 1.165) is 51.6 Å². The standard InChI is InChI=1S/C31H17F3N3O.C18H24GeN.Ir/c32-31(33,34)27-18-17-22-21-12-8-13-23(28(21)38-30(22)36-27)29-35-24-14-5-7-16-26(24)37(29)25-15-6-4-11-20(25)19-9-2-1-3-10-19;1-14(2)11-16-12-18(15-9-7-6-8-10-15)20-13-17(16)19(3,4)5;/h1-12,14-18H;6-9,12-14H,11H2,1-5H3;/q2*-1;. The van der Waals surface area contributed by atoms with Crippen LogP contribution in [0.2, 0.25) is 17.3 Å². The van der Waals surface area contributed by atoms with Gasteiger partial charge in [0.05, 0.1) is 22.4 Å². The number of hydrogen-bond donors (Lipinski definition) is 0. The van der Waals surface area contributed by atoms with Gasteiger partial charge in [-0.15, -0.1) is 18.2 Å². The maximum Gasteiger partial charge on any atom is 0.433 e. The van der Waals surface area contributed by atoms with Gasteiger partial charge < -0.3 is 8.98 Å². The molecule has 4 aromatic heterocycles. The maximum absolute atomic E-state index is 13.3. The molecule has 59 heavy (non-hydrogen) atoms. The van der Waals surface area contributed by atoms with Crippen LogP contribution in [0.3, 0.4) is 0 Å². The molecule has 0 bridgehead atoms. The topological polar surface area (TPSA) is 56.7 Å². The molecular weight excluding hydrogens is 982 g/mol. The zero-order chi connectivity index (χ0) is 40.6. The molecule has 1 radical (unpaired) electrons. The van der Waals surface area contributed by atoms with Crippen LogP contribution in [0, 0.1) is 18.1 Å². The van der Waals surface area contributed by atoms with Gasteiger partial charge in [-0.05, 0) is 35.9 Å². The molecule has 0 aliphatic rings. The minimum Gasteiger partial charge on any atom is -0.486 e. The van der Waals surface area contributed by atoms with Crippen molar-refractivity contribution in [2.45, 2.75) is 43.7 Å². The summed E-state index contributed by atoms with van der Waals surface area (Å²) in [5.41, 5.74) is 8.07. The molecule has 10 heteroatoms. The third kappa shape index (κ3) is 8.69. The monoisotopic (exact) mass is 1030 g/mol. The Morgan fingerprint density at radius 1 is 0.763 bits per heavy atom. The van der Waals surface area contributed by atoms with Gasteiger partial charge >= 0.3 is 132 Å². The number of benzene rings is 5. The predicted octanol–water partition coefficient (Wildman–Crippen LogP) is 12.8. The van der Waals surface area contributed by atoms with Crippen LogP contribution in [0.5, 0.6) is 0 Å². The smallest absolute Gasteiger partial charge is 0.433 e. The molecule has 9 aromatic rings. The van der Waals surface area contributed by atoms with E-state index in [1.54, 1.807) is 16.5 Å². The first kappa shape index (κ1) is 41.8. The second-order valence-corrected chi connectivity index (χ2v) is 26.3. The average molecular weight is 1020 g/mol. The summed E-state index contributed by atoms with van der Waals surface area (Å²) in [6, 6.07) is 48.6. The maximum atomic E-state index is 13.3. The molecule has 0 aliphatic heterocycles. The van der Waals surface area contributed by atoms with E-state index >= 15 is 0 Å². The largest absolute Gasteiger partial charge is 0.486 e. The summed E-state index contributed by atoms with van der Waals surface area (Å²) in [6.07, 6.45) is -1.30. The Morgan fingerprint density at radius 3 is 2.22 bits per heavy atom. The minimum atomic E-state index is -4.57. The van der Waals surface area contributed by atoms with E-state index in [1.807, 2.05) is 95.6 Å². The van der Waals surface area contributed by atoms with Crippen molar-refractivity contribution in [3.05, 3.63) is 163 Å². The number of alkyl halides is 3. The molecule has 0 saturated carbocycles. The van der Waals surface area contributed by atoms with Crippen molar-refractivity contribution in [1.29, 1.82) is 0 Å². The van der Waals surface area contributed by atoms with E-state index in [0.29, 0.717) is 33.7 Å². The van der Waals surface area contributed by atoms with Gasteiger partial charge in [0.2, 0.25) is 5.71 Å². The number of furan rings is 1. The molecule has 0 saturated heterocycles. The predicted molar refractivity (Wildman–Crippen MR) is 231 cm³/mol. The van der Waals surface area contributed by atoms with Crippen molar-refractivity contribution < 1.29 is 37.7 Å². The molecular formula is C49H41F3GeIrN4O-2. The Hall–Kier alpha value is -5.35. The van der Waals surface area contributed by atoms with Crippen LogP contribution in [-0.4, -0.2) is 32.8 Å². The summed E-state index contributed by atoms with van der Waals surface area (Å²) < 4.78 is 49.6. The Labute approximate surface area is 358 Å². The minimum absolute atomic E-state index is 0. The van der Waals surface area contributed by atoms with Gasteiger partial charge in [0, 0.05) is 36.7 Å². The Balaban J connectivity index is 0.000000214. The number of imidazole rings is 1. The van der Waals surface area contributed by atoms with Crippen LogP contribution >= 0.6 is 0 Å². The molecule has 5 nitrogen and oxygen atoms in total. The fourth-order valence-electron chi connectivity index (χ4n) is 7.40. The van der Waals surface area contributed by atoms with Crippen LogP contribution in [-0.2, 0) is 32.7 Å². The third-order valence-corrected chi connectivity index (χ3v) is 14.3. The summed E-state index contributed by atoms with van der Waals surface area (Å²) in [5.74, 6) is 8.56. The molecule has 5 aromatic carbocycles. The van der Waals surface area contributed by atoms with Crippen LogP contribution in [0.4, 0.5) is 13.2 Å². The fourth-order valence-corrected chi connectivity index (χ4v) is 10.7. The molecule has 0 spiro atoms. The van der Waals surface area contributed by atoms with Crippen molar-refractivity contribution in [3.63, 3.8) is 0 Å². The summed E-state index contributed by atoms with van der Waals surface area (Å²) in [7, 11) is 0. The Morgan fingerprint density at radius 2 is 1.49 bits per heavy atom. The van der Waals surface area contributed by atoms with Crippen molar-refractivity contribution in [3.8, 4) is 39.5 Å². The number of fused-ring (bicyclic) bond motifs is 4. The number of para-hydroxylation sites is 3. The Kier molecular flexibility index (Phi) is 12.1. The van der Waals surface area contributed by atoms with Crippen molar-refractivity contribution in [2.24, 2.45) is 5.92 Å². The van der Waals surface area contributed by atoms with Gasteiger partial charge in [-0.25, -0.2) is 4.98 Å². The van der Waals surface area contributed by atoms with E-state index < -0.39 is 25.1 Å². The van der Waals surface area contributed by atoms with Crippen LogP contribution in [0.15, 0.2) is 144 Å². The second kappa shape index (κ2) is 17.1. The zero-order valence-corrected chi connectivity index (χ0v) is 37.7. The van der Waals surface area contributed by atoms with Gasteiger partial charge in [-0.2, -0.15) is 13.2 Å². The number of halogens is 3. The first-order valence-corrected chi connectivity index (χ1v) is 26.6. The average Bonchev–Trinajstić information content (AvgIpc) is 3.79. The third-order valence-electron chi connectivity index (χ3n) is 10.0. The van der Waals surface area contributed by atoms with Gasteiger partial charge in [-0.1, -0.05) is 71.6 Å². The van der Waals surface area contributed by atoms with Crippen molar-refractivity contribution in [1.82, 2.24) is 19.5 Å². The molecule has 0 unspecified atom stereocenters. The van der Waals surface area contributed by atoms with Crippen molar-refractivity contribution in [2.75, 3.05) is 0 Å². The van der Waals surface area contributed by atoms with E-state index in [4.69, 9.17) is 14.4 Å². The molecule has 299 valence electrons. The van der Waals surface area contributed by atoms with E-state index in [1.165, 1.54) is 11.6 Å². The summed E-state index contributed by atoms with van der Waals surface area (Å²) in [4.78, 5) is 13.4. The van der Waals surface area contributed by atoms with Crippen LogP contribution < -0.4 is 4.40 Å². The summed E-state index contributed by atoms with van der Waals surface area (Å²) >= 11 is -1.86. The number of aromatic nitrogens is 4. The van der Waals surface area contributed by atoms with Gasteiger partial charge in [0.15, 0.2) is 0 Å². The molecule has 9 rings (SSSR count). The normalized spacial score (nSPS) is 11.8. The molecule has 4 heterocycles. The fraction of sp³-hybridized carbons (Fsp3) is 0.163. The first-order chi connectivity index (χ1) is 27.9.